The Hall–Kier alpha value is -0.610. The molecule has 0 saturated carbocycles. The number of hydrogen-bond donors (Lipinski definition) is 1. The summed E-state index contributed by atoms with van der Waals surface area (Å²) >= 11 is 3.30. The Labute approximate surface area is 79.8 Å². The van der Waals surface area contributed by atoms with E-state index in [1.165, 1.54) is 0 Å². The van der Waals surface area contributed by atoms with Crippen LogP contribution in [0.25, 0.3) is 0 Å². The van der Waals surface area contributed by atoms with Crippen LogP contribution in [0.2, 0.25) is 0 Å². The Bertz CT molecular complexity index is 287. The third-order valence-electron chi connectivity index (χ3n) is 1.66. The van der Waals surface area contributed by atoms with Crippen molar-refractivity contribution in [3.05, 3.63) is 28.5 Å². The topological polar surface area (TPSA) is 38.1 Å². The fraction of sp³-hybridized carbons (Fsp3) is 0.375. The van der Waals surface area contributed by atoms with Crippen LogP contribution in [-0.4, -0.2) is 14.9 Å². The maximum Gasteiger partial charge on any atom is 0.117 e. The minimum absolute atomic E-state index is 0.646. The molecule has 1 aromatic rings. The normalized spacial score (nSPS) is 13.0. The number of hydrogen-bond acceptors (Lipinski definition) is 2. The smallest absolute Gasteiger partial charge is 0.117 e. The van der Waals surface area contributed by atoms with Gasteiger partial charge in [0.1, 0.15) is 6.10 Å². The Morgan fingerprint density at radius 2 is 2.42 bits per heavy atom. The van der Waals surface area contributed by atoms with E-state index in [4.69, 9.17) is 0 Å². The van der Waals surface area contributed by atoms with Crippen LogP contribution >= 0.6 is 15.9 Å². The molecule has 4 heteroatoms. The highest BCUT2D eigenvalue weighted by molar-refractivity contribution is 9.10. The lowest BCUT2D eigenvalue weighted by molar-refractivity contribution is 0.205. The summed E-state index contributed by atoms with van der Waals surface area (Å²) in [5, 5.41) is 13.6. The van der Waals surface area contributed by atoms with Gasteiger partial charge in [0.05, 0.1) is 16.4 Å². The highest BCUT2D eigenvalue weighted by Gasteiger charge is 2.15. The predicted octanol–water partition coefficient (Wildman–Crippen LogP) is 1.79. The summed E-state index contributed by atoms with van der Waals surface area (Å²) < 4.78 is 2.43. The van der Waals surface area contributed by atoms with Gasteiger partial charge in [0.15, 0.2) is 0 Å². The van der Waals surface area contributed by atoms with Crippen LogP contribution < -0.4 is 0 Å². The fourth-order valence-electron chi connectivity index (χ4n) is 0.961. The van der Waals surface area contributed by atoms with E-state index >= 15 is 0 Å². The summed E-state index contributed by atoms with van der Waals surface area (Å²) in [5.41, 5.74) is 1.45. The molecule has 1 aromatic heterocycles. The molecule has 0 aliphatic rings. The number of nitrogens with zero attached hydrogens (tertiary/aromatic N) is 2. The van der Waals surface area contributed by atoms with Crippen molar-refractivity contribution in [3.63, 3.8) is 0 Å². The number of aryl methyl sites for hydroxylation is 1. The van der Waals surface area contributed by atoms with Crippen LogP contribution in [0.1, 0.15) is 18.7 Å². The predicted molar refractivity (Wildman–Crippen MR) is 50.7 cm³/mol. The van der Waals surface area contributed by atoms with Gasteiger partial charge < -0.3 is 5.11 Å². The second kappa shape index (κ2) is 3.41. The molecular formula is C8H11BrN2O. The van der Waals surface area contributed by atoms with E-state index in [1.54, 1.807) is 24.9 Å². The zero-order chi connectivity index (χ0) is 9.30. The van der Waals surface area contributed by atoms with Gasteiger partial charge in [-0.2, -0.15) is 5.10 Å². The van der Waals surface area contributed by atoms with Gasteiger partial charge in [-0.3, -0.25) is 4.68 Å². The average Bonchev–Trinajstić information content (AvgIpc) is 2.30. The first-order valence-electron chi connectivity index (χ1n) is 3.55. The maximum absolute atomic E-state index is 9.66. The lowest BCUT2D eigenvalue weighted by atomic mass is 10.1. The van der Waals surface area contributed by atoms with Crippen molar-refractivity contribution in [1.82, 2.24) is 9.78 Å². The lowest BCUT2D eigenvalue weighted by Crippen LogP contribution is -2.06. The van der Waals surface area contributed by atoms with Crippen molar-refractivity contribution < 1.29 is 5.11 Å². The maximum atomic E-state index is 9.66. The first kappa shape index (κ1) is 9.48. The van der Waals surface area contributed by atoms with Crippen LogP contribution in [0, 0.1) is 0 Å². The second-order valence-electron chi connectivity index (χ2n) is 2.75. The molecule has 0 aliphatic heterocycles. The van der Waals surface area contributed by atoms with Gasteiger partial charge in [0.2, 0.25) is 0 Å². The zero-order valence-corrected chi connectivity index (χ0v) is 8.67. The van der Waals surface area contributed by atoms with Crippen molar-refractivity contribution in [1.29, 1.82) is 0 Å². The molecule has 0 amide bonds. The fourth-order valence-corrected chi connectivity index (χ4v) is 1.53. The van der Waals surface area contributed by atoms with E-state index < -0.39 is 6.10 Å². The highest BCUT2D eigenvalue weighted by Crippen LogP contribution is 2.26. The Morgan fingerprint density at radius 3 is 2.75 bits per heavy atom. The van der Waals surface area contributed by atoms with Crippen molar-refractivity contribution >= 4 is 15.9 Å². The Balaban J connectivity index is 3.08. The largest absolute Gasteiger partial charge is 0.382 e. The van der Waals surface area contributed by atoms with Gasteiger partial charge >= 0.3 is 0 Å². The Morgan fingerprint density at radius 1 is 1.83 bits per heavy atom. The third kappa shape index (κ3) is 1.59. The van der Waals surface area contributed by atoms with Gasteiger partial charge in [-0.05, 0) is 28.4 Å². The molecule has 0 fully saturated rings. The van der Waals surface area contributed by atoms with Crippen LogP contribution in [0.3, 0.4) is 0 Å². The highest BCUT2D eigenvalue weighted by atomic mass is 79.9. The molecule has 0 aliphatic carbocycles. The zero-order valence-electron chi connectivity index (χ0n) is 7.08. The van der Waals surface area contributed by atoms with Crippen LogP contribution in [0.4, 0.5) is 0 Å². The summed E-state index contributed by atoms with van der Waals surface area (Å²) in [6.07, 6.45) is 1.01. The number of rotatable bonds is 2. The molecule has 0 aromatic carbocycles. The standard InChI is InChI=1S/C8H11BrN2O/c1-5(2)8(12)7-6(9)4-10-11(7)3/h4,8,12H,1H2,2-3H3. The third-order valence-corrected chi connectivity index (χ3v) is 2.27. The SMILES string of the molecule is C=C(C)C(O)c1c(Br)cnn1C. The summed E-state index contributed by atoms with van der Waals surface area (Å²) in [4.78, 5) is 0. The van der Waals surface area contributed by atoms with Crippen molar-refractivity contribution in [3.8, 4) is 0 Å². The number of aliphatic hydroxyl groups excluding tert-OH is 1. The van der Waals surface area contributed by atoms with E-state index in [1.807, 2.05) is 0 Å². The van der Waals surface area contributed by atoms with Crippen LogP contribution in [0.5, 0.6) is 0 Å². The molecule has 1 rings (SSSR count). The molecule has 12 heavy (non-hydrogen) atoms. The molecule has 66 valence electrons. The molecule has 1 heterocycles. The first-order valence-corrected chi connectivity index (χ1v) is 4.34. The van der Waals surface area contributed by atoms with Crippen LogP contribution in [0.15, 0.2) is 22.8 Å². The second-order valence-corrected chi connectivity index (χ2v) is 3.60. The summed E-state index contributed by atoms with van der Waals surface area (Å²) in [5.74, 6) is 0. The van der Waals surface area contributed by atoms with E-state index in [0.29, 0.717) is 5.57 Å². The van der Waals surface area contributed by atoms with E-state index in [-0.39, 0.29) is 0 Å². The van der Waals surface area contributed by atoms with Crippen LogP contribution in [-0.2, 0) is 7.05 Å². The Kier molecular flexibility index (Phi) is 2.69. The number of aliphatic hydroxyl groups is 1. The summed E-state index contributed by atoms with van der Waals surface area (Å²) in [6.45, 7) is 5.46. The molecule has 3 nitrogen and oxygen atoms in total. The monoisotopic (exact) mass is 230 g/mol. The molecule has 1 N–H and O–H groups in total. The van der Waals surface area contributed by atoms with Gasteiger partial charge in [0.25, 0.3) is 0 Å². The van der Waals surface area contributed by atoms with Crippen molar-refractivity contribution in [2.45, 2.75) is 13.0 Å². The molecule has 0 radical (unpaired) electrons. The van der Waals surface area contributed by atoms with E-state index in [2.05, 4.69) is 27.6 Å². The minimum atomic E-state index is -0.646. The average molecular weight is 231 g/mol. The van der Waals surface area contributed by atoms with E-state index in [9.17, 15) is 5.11 Å². The molecule has 0 spiro atoms. The van der Waals surface area contributed by atoms with Gasteiger partial charge in [-0.15, -0.1) is 0 Å². The lowest BCUT2D eigenvalue weighted by Gasteiger charge is -2.10. The van der Waals surface area contributed by atoms with Gasteiger partial charge in [-0.1, -0.05) is 6.58 Å². The summed E-state index contributed by atoms with van der Waals surface area (Å²) in [7, 11) is 1.78. The molecule has 0 bridgehead atoms. The van der Waals surface area contributed by atoms with Crippen molar-refractivity contribution in [2.75, 3.05) is 0 Å². The minimum Gasteiger partial charge on any atom is -0.382 e. The molecule has 0 saturated heterocycles. The molecule has 1 atom stereocenters. The van der Waals surface area contributed by atoms with Gasteiger partial charge in [0, 0.05) is 7.05 Å². The van der Waals surface area contributed by atoms with Gasteiger partial charge in [-0.25, -0.2) is 0 Å². The quantitative estimate of drug-likeness (QED) is 0.788. The van der Waals surface area contributed by atoms with E-state index in [0.717, 1.165) is 10.2 Å². The first-order chi connectivity index (χ1) is 5.54. The number of halogens is 1. The van der Waals surface area contributed by atoms with Crippen molar-refractivity contribution in [2.24, 2.45) is 7.05 Å². The number of aromatic nitrogens is 2. The molecule has 1 unspecified atom stereocenters. The summed E-state index contributed by atoms with van der Waals surface area (Å²) in [6, 6.07) is 0. The molecular weight excluding hydrogens is 220 g/mol.